The molecule has 6 heteroatoms. The zero-order valence-corrected chi connectivity index (χ0v) is 12.4. The van der Waals surface area contributed by atoms with Gasteiger partial charge in [0.25, 0.3) is 0 Å². The van der Waals surface area contributed by atoms with Crippen molar-refractivity contribution < 1.29 is 19.1 Å². The van der Waals surface area contributed by atoms with Crippen LogP contribution >= 0.6 is 0 Å². The molecule has 0 aliphatic carbocycles. The minimum Gasteiger partial charge on any atom is -0.465 e. The number of aryl methyl sites for hydroxylation is 1. The first-order valence-electron chi connectivity index (χ1n) is 6.63. The molecule has 22 heavy (non-hydrogen) atoms. The van der Waals surface area contributed by atoms with Gasteiger partial charge in [0.2, 0.25) is 0 Å². The minimum absolute atomic E-state index is 0.179. The summed E-state index contributed by atoms with van der Waals surface area (Å²) in [5, 5.41) is 1.42. The Morgan fingerprint density at radius 3 is 2.50 bits per heavy atom. The van der Waals surface area contributed by atoms with Crippen LogP contribution in [0.3, 0.4) is 0 Å². The summed E-state index contributed by atoms with van der Waals surface area (Å²) in [5.41, 5.74) is 1.90. The Hall–Kier alpha value is -2.89. The molecule has 0 saturated heterocycles. The van der Waals surface area contributed by atoms with Crippen LogP contribution in [0.25, 0.3) is 21.9 Å². The van der Waals surface area contributed by atoms with Gasteiger partial charge in [0.1, 0.15) is 5.65 Å². The molecule has 2 aromatic heterocycles. The smallest absolute Gasteiger partial charge is 0.339 e. The average molecular weight is 298 g/mol. The molecule has 6 nitrogen and oxygen atoms in total. The Morgan fingerprint density at radius 2 is 1.82 bits per heavy atom. The SMILES string of the molecule is COC(=O)c1ccc2c(c1C(=O)OC)c1cccnc1n2C. The van der Waals surface area contributed by atoms with E-state index in [1.54, 1.807) is 24.4 Å². The zero-order valence-electron chi connectivity index (χ0n) is 12.4. The van der Waals surface area contributed by atoms with Crippen LogP contribution in [0.15, 0.2) is 30.5 Å². The van der Waals surface area contributed by atoms with Gasteiger partial charge in [-0.2, -0.15) is 0 Å². The molecule has 0 saturated carbocycles. The number of ether oxygens (including phenoxy) is 2. The summed E-state index contributed by atoms with van der Waals surface area (Å²) in [6, 6.07) is 6.99. The predicted octanol–water partition coefficient (Wildman–Crippen LogP) is 2.30. The van der Waals surface area contributed by atoms with Gasteiger partial charge in [-0.05, 0) is 24.3 Å². The molecule has 0 spiro atoms. The normalized spacial score (nSPS) is 10.9. The summed E-state index contributed by atoms with van der Waals surface area (Å²) in [4.78, 5) is 28.6. The standard InChI is InChI=1S/C16H14N2O4/c1-18-11-7-6-10(15(19)21-2)13(16(20)22-3)12(11)9-5-4-8-17-14(9)18/h4-8H,1-3H3. The van der Waals surface area contributed by atoms with Gasteiger partial charge >= 0.3 is 11.9 Å². The Balaban J connectivity index is 2.53. The van der Waals surface area contributed by atoms with Crippen LogP contribution in [0.5, 0.6) is 0 Å². The maximum atomic E-state index is 12.3. The molecule has 0 bridgehead atoms. The largest absolute Gasteiger partial charge is 0.465 e. The first-order chi connectivity index (χ1) is 10.6. The van der Waals surface area contributed by atoms with Crippen LogP contribution in [-0.4, -0.2) is 35.7 Å². The summed E-state index contributed by atoms with van der Waals surface area (Å²) >= 11 is 0. The van der Waals surface area contributed by atoms with E-state index in [2.05, 4.69) is 4.98 Å². The molecular formula is C16H14N2O4. The maximum Gasteiger partial charge on any atom is 0.339 e. The van der Waals surface area contributed by atoms with Crippen LogP contribution < -0.4 is 0 Å². The number of fused-ring (bicyclic) bond motifs is 3. The third-order valence-electron chi connectivity index (χ3n) is 3.71. The van der Waals surface area contributed by atoms with E-state index in [0.29, 0.717) is 5.39 Å². The highest BCUT2D eigenvalue weighted by Crippen LogP contribution is 2.32. The molecule has 2 heterocycles. The Bertz CT molecular complexity index is 911. The Labute approximate surface area is 126 Å². The van der Waals surface area contributed by atoms with Crippen LogP contribution in [0.4, 0.5) is 0 Å². The van der Waals surface area contributed by atoms with E-state index < -0.39 is 11.9 Å². The highest BCUT2D eigenvalue weighted by molar-refractivity contribution is 6.20. The van der Waals surface area contributed by atoms with Gasteiger partial charge in [0.15, 0.2) is 0 Å². The van der Waals surface area contributed by atoms with E-state index in [1.165, 1.54) is 14.2 Å². The van der Waals surface area contributed by atoms with Crippen LogP contribution in [0, 0.1) is 0 Å². The van der Waals surface area contributed by atoms with Gasteiger partial charge in [-0.1, -0.05) is 0 Å². The summed E-state index contributed by atoms with van der Waals surface area (Å²) in [5.74, 6) is -1.16. The lowest BCUT2D eigenvalue weighted by atomic mass is 10.0. The number of pyridine rings is 1. The highest BCUT2D eigenvalue weighted by atomic mass is 16.5. The second kappa shape index (κ2) is 5.14. The van der Waals surface area contributed by atoms with Crippen molar-refractivity contribution in [3.05, 3.63) is 41.6 Å². The van der Waals surface area contributed by atoms with Gasteiger partial charge in [0.05, 0.1) is 30.9 Å². The molecule has 3 rings (SSSR count). The lowest BCUT2D eigenvalue weighted by Crippen LogP contribution is -2.12. The van der Waals surface area contributed by atoms with Crippen molar-refractivity contribution in [2.24, 2.45) is 7.05 Å². The number of hydrogen-bond acceptors (Lipinski definition) is 5. The van der Waals surface area contributed by atoms with E-state index in [9.17, 15) is 9.59 Å². The predicted molar refractivity (Wildman–Crippen MR) is 80.9 cm³/mol. The fraction of sp³-hybridized carbons (Fsp3) is 0.188. The number of esters is 2. The molecule has 0 aliphatic heterocycles. The third-order valence-corrected chi connectivity index (χ3v) is 3.71. The van der Waals surface area contributed by atoms with E-state index in [4.69, 9.17) is 9.47 Å². The summed E-state index contributed by atoms with van der Waals surface area (Å²) in [6.07, 6.45) is 1.68. The van der Waals surface area contributed by atoms with Gasteiger partial charge in [-0.25, -0.2) is 14.6 Å². The lowest BCUT2D eigenvalue weighted by molar-refractivity contribution is 0.0557. The number of methoxy groups -OCH3 is 2. The lowest BCUT2D eigenvalue weighted by Gasteiger charge is -2.08. The average Bonchev–Trinajstić information content (AvgIpc) is 2.86. The van der Waals surface area contributed by atoms with Gasteiger partial charge in [0, 0.05) is 24.0 Å². The zero-order chi connectivity index (χ0) is 15.9. The number of rotatable bonds is 2. The molecule has 0 radical (unpaired) electrons. The molecule has 0 aliphatic rings. The van der Waals surface area contributed by atoms with E-state index in [1.807, 2.05) is 17.7 Å². The summed E-state index contributed by atoms with van der Waals surface area (Å²) in [7, 11) is 4.42. The number of aromatic nitrogens is 2. The quantitative estimate of drug-likeness (QED) is 0.679. The summed E-state index contributed by atoms with van der Waals surface area (Å²) < 4.78 is 11.5. The fourth-order valence-corrected chi connectivity index (χ4v) is 2.71. The number of carbonyl (C=O) groups is 2. The first-order valence-corrected chi connectivity index (χ1v) is 6.63. The molecule has 0 fully saturated rings. The second-order valence-corrected chi connectivity index (χ2v) is 4.80. The van der Waals surface area contributed by atoms with Crippen LogP contribution in [0.1, 0.15) is 20.7 Å². The molecule has 0 N–H and O–H groups in total. The van der Waals surface area contributed by atoms with Crippen LogP contribution in [-0.2, 0) is 16.5 Å². The molecule has 1 aromatic carbocycles. The Morgan fingerprint density at radius 1 is 1.09 bits per heavy atom. The van der Waals surface area contributed by atoms with Crippen molar-refractivity contribution in [2.45, 2.75) is 0 Å². The molecule has 3 aromatic rings. The first kappa shape index (κ1) is 14.1. The van der Waals surface area contributed by atoms with Crippen molar-refractivity contribution >= 4 is 33.9 Å². The number of carbonyl (C=O) groups excluding carboxylic acids is 2. The van der Waals surface area contributed by atoms with Gasteiger partial charge in [-0.15, -0.1) is 0 Å². The van der Waals surface area contributed by atoms with Crippen molar-refractivity contribution in [2.75, 3.05) is 14.2 Å². The van der Waals surface area contributed by atoms with Crippen molar-refractivity contribution in [3.63, 3.8) is 0 Å². The molecule has 0 atom stereocenters. The second-order valence-electron chi connectivity index (χ2n) is 4.80. The molecule has 0 unspecified atom stereocenters. The van der Waals surface area contributed by atoms with Crippen molar-refractivity contribution in [1.29, 1.82) is 0 Å². The minimum atomic E-state index is -0.581. The van der Waals surface area contributed by atoms with E-state index in [0.717, 1.165) is 16.6 Å². The number of benzene rings is 1. The molecular weight excluding hydrogens is 284 g/mol. The maximum absolute atomic E-state index is 12.3. The monoisotopic (exact) mass is 298 g/mol. The fourth-order valence-electron chi connectivity index (χ4n) is 2.71. The Kier molecular flexibility index (Phi) is 3.29. The van der Waals surface area contributed by atoms with Crippen molar-refractivity contribution in [1.82, 2.24) is 9.55 Å². The molecule has 112 valence electrons. The van der Waals surface area contributed by atoms with Gasteiger partial charge < -0.3 is 14.0 Å². The number of nitrogens with zero attached hydrogens (tertiary/aromatic N) is 2. The summed E-state index contributed by atoms with van der Waals surface area (Å²) in [6.45, 7) is 0. The van der Waals surface area contributed by atoms with Gasteiger partial charge in [-0.3, -0.25) is 0 Å². The highest BCUT2D eigenvalue weighted by Gasteiger charge is 2.25. The van der Waals surface area contributed by atoms with Crippen molar-refractivity contribution in [3.8, 4) is 0 Å². The topological polar surface area (TPSA) is 70.4 Å². The third kappa shape index (κ3) is 1.84. The number of hydrogen-bond donors (Lipinski definition) is 0. The molecule has 0 amide bonds. The van der Waals surface area contributed by atoms with Crippen LogP contribution in [0.2, 0.25) is 0 Å². The van der Waals surface area contributed by atoms with E-state index in [-0.39, 0.29) is 11.1 Å². The van der Waals surface area contributed by atoms with E-state index >= 15 is 0 Å².